The van der Waals surface area contributed by atoms with Crippen LogP contribution in [0.25, 0.3) is 0 Å². The predicted molar refractivity (Wildman–Crippen MR) is 93.6 cm³/mol. The number of aryl methyl sites for hydroxylation is 1. The number of ether oxygens (including phenoxy) is 1. The molecule has 0 radical (unpaired) electrons. The van der Waals surface area contributed by atoms with E-state index >= 15 is 0 Å². The number of carbonyl (C=O) groups is 3. The molecule has 1 unspecified atom stereocenters. The lowest BCUT2D eigenvalue weighted by Crippen LogP contribution is -2.30. The third-order valence-electron chi connectivity index (χ3n) is 4.22. The SMILES string of the molecule is COC(=O)c1ccc(NC(=O)C2CC(=O)Nc3ccccc32)c(C)c1. The molecule has 0 spiro atoms. The van der Waals surface area contributed by atoms with Crippen LogP contribution in [0.3, 0.4) is 0 Å². The van der Waals surface area contributed by atoms with Crippen molar-refractivity contribution in [1.29, 1.82) is 0 Å². The van der Waals surface area contributed by atoms with Crippen molar-refractivity contribution < 1.29 is 19.1 Å². The third kappa shape index (κ3) is 3.38. The van der Waals surface area contributed by atoms with Crippen LogP contribution < -0.4 is 10.6 Å². The zero-order valence-corrected chi connectivity index (χ0v) is 14.0. The van der Waals surface area contributed by atoms with Gasteiger partial charge in [0, 0.05) is 17.8 Å². The molecule has 3 rings (SSSR count). The normalized spacial score (nSPS) is 15.8. The fourth-order valence-electron chi connectivity index (χ4n) is 2.91. The highest BCUT2D eigenvalue weighted by Gasteiger charge is 2.30. The number of amides is 2. The lowest BCUT2D eigenvalue weighted by atomic mass is 9.89. The fourth-order valence-corrected chi connectivity index (χ4v) is 2.91. The van der Waals surface area contributed by atoms with Gasteiger partial charge in [-0.2, -0.15) is 0 Å². The zero-order chi connectivity index (χ0) is 18.0. The van der Waals surface area contributed by atoms with Crippen molar-refractivity contribution >= 4 is 29.2 Å². The standard InChI is InChI=1S/C19H18N2O4/c1-11-9-12(19(24)25-2)7-8-15(11)21-18(23)14-10-17(22)20-16-6-4-3-5-13(14)16/h3-9,14H,10H2,1-2H3,(H,20,22)(H,21,23). The molecule has 2 aromatic carbocycles. The van der Waals surface area contributed by atoms with Gasteiger partial charge in [-0.3, -0.25) is 9.59 Å². The van der Waals surface area contributed by atoms with Crippen molar-refractivity contribution in [3.63, 3.8) is 0 Å². The molecule has 0 saturated carbocycles. The van der Waals surface area contributed by atoms with Crippen LogP contribution in [0.5, 0.6) is 0 Å². The first-order chi connectivity index (χ1) is 12.0. The number of rotatable bonds is 3. The Hall–Kier alpha value is -3.15. The smallest absolute Gasteiger partial charge is 0.337 e. The first-order valence-electron chi connectivity index (χ1n) is 7.88. The van der Waals surface area contributed by atoms with E-state index in [1.54, 1.807) is 31.2 Å². The molecule has 6 heteroatoms. The maximum atomic E-state index is 12.7. The van der Waals surface area contributed by atoms with Gasteiger partial charge in [-0.1, -0.05) is 18.2 Å². The molecule has 2 aromatic rings. The highest BCUT2D eigenvalue weighted by atomic mass is 16.5. The summed E-state index contributed by atoms with van der Waals surface area (Å²) >= 11 is 0. The first-order valence-corrected chi connectivity index (χ1v) is 7.88. The molecule has 0 fully saturated rings. The minimum absolute atomic E-state index is 0.0993. The monoisotopic (exact) mass is 338 g/mol. The maximum absolute atomic E-state index is 12.7. The van der Waals surface area contributed by atoms with E-state index in [2.05, 4.69) is 15.4 Å². The van der Waals surface area contributed by atoms with Crippen molar-refractivity contribution in [2.75, 3.05) is 17.7 Å². The number of esters is 1. The van der Waals surface area contributed by atoms with Crippen molar-refractivity contribution in [1.82, 2.24) is 0 Å². The molecule has 6 nitrogen and oxygen atoms in total. The first kappa shape index (κ1) is 16.7. The van der Waals surface area contributed by atoms with E-state index in [-0.39, 0.29) is 18.2 Å². The second-order valence-electron chi connectivity index (χ2n) is 5.90. The van der Waals surface area contributed by atoms with E-state index in [4.69, 9.17) is 0 Å². The summed E-state index contributed by atoms with van der Waals surface area (Å²) in [6.45, 7) is 1.80. The predicted octanol–water partition coefficient (Wildman–Crippen LogP) is 2.85. The zero-order valence-electron chi connectivity index (χ0n) is 14.0. The average molecular weight is 338 g/mol. The number of fused-ring (bicyclic) bond motifs is 1. The third-order valence-corrected chi connectivity index (χ3v) is 4.22. The Balaban J connectivity index is 1.83. The number of hydrogen-bond acceptors (Lipinski definition) is 4. The topological polar surface area (TPSA) is 84.5 Å². The summed E-state index contributed by atoms with van der Waals surface area (Å²) in [4.78, 5) is 36.2. The minimum Gasteiger partial charge on any atom is -0.465 e. The number of anilines is 2. The molecule has 0 aromatic heterocycles. The Kier molecular flexibility index (Phi) is 4.52. The molecule has 1 aliphatic heterocycles. The molecule has 2 N–H and O–H groups in total. The number of methoxy groups -OCH3 is 1. The van der Waals surface area contributed by atoms with Crippen LogP contribution >= 0.6 is 0 Å². The molecular weight excluding hydrogens is 320 g/mol. The van der Waals surface area contributed by atoms with E-state index in [1.165, 1.54) is 7.11 Å². The van der Waals surface area contributed by atoms with Gasteiger partial charge in [0.1, 0.15) is 0 Å². The Labute approximate surface area is 145 Å². The highest BCUT2D eigenvalue weighted by molar-refractivity contribution is 6.05. The van der Waals surface area contributed by atoms with Gasteiger partial charge in [0.2, 0.25) is 11.8 Å². The molecule has 0 bridgehead atoms. The Bertz CT molecular complexity index is 860. The molecule has 1 heterocycles. The van der Waals surface area contributed by atoms with E-state index in [0.717, 1.165) is 11.1 Å². The molecular formula is C19H18N2O4. The molecule has 0 aliphatic carbocycles. The highest BCUT2D eigenvalue weighted by Crippen LogP contribution is 2.33. The maximum Gasteiger partial charge on any atom is 0.337 e. The lowest BCUT2D eigenvalue weighted by Gasteiger charge is -2.25. The van der Waals surface area contributed by atoms with Gasteiger partial charge in [-0.15, -0.1) is 0 Å². The van der Waals surface area contributed by atoms with E-state index in [0.29, 0.717) is 16.9 Å². The van der Waals surface area contributed by atoms with Gasteiger partial charge >= 0.3 is 5.97 Å². The number of hydrogen-bond donors (Lipinski definition) is 2. The van der Waals surface area contributed by atoms with Gasteiger partial charge in [0.05, 0.1) is 18.6 Å². The number of carbonyl (C=O) groups excluding carboxylic acids is 3. The molecule has 128 valence electrons. The summed E-state index contributed by atoms with van der Waals surface area (Å²) in [5.74, 6) is -1.42. The molecule has 0 saturated heterocycles. The number of benzene rings is 2. The van der Waals surface area contributed by atoms with Gasteiger partial charge in [-0.05, 0) is 42.3 Å². The second-order valence-corrected chi connectivity index (χ2v) is 5.90. The Morgan fingerprint density at radius 2 is 1.96 bits per heavy atom. The van der Waals surface area contributed by atoms with E-state index < -0.39 is 11.9 Å². The largest absolute Gasteiger partial charge is 0.465 e. The molecule has 25 heavy (non-hydrogen) atoms. The summed E-state index contributed by atoms with van der Waals surface area (Å²) in [5, 5.41) is 5.63. The van der Waals surface area contributed by atoms with Crippen LogP contribution in [0.4, 0.5) is 11.4 Å². The van der Waals surface area contributed by atoms with Gasteiger partial charge in [0.15, 0.2) is 0 Å². The van der Waals surface area contributed by atoms with Gasteiger partial charge < -0.3 is 15.4 Å². The number of nitrogens with one attached hydrogen (secondary N) is 2. The molecule has 1 aliphatic rings. The van der Waals surface area contributed by atoms with Crippen molar-refractivity contribution in [3.05, 3.63) is 59.2 Å². The number of para-hydroxylation sites is 1. The van der Waals surface area contributed by atoms with Crippen molar-refractivity contribution in [2.45, 2.75) is 19.3 Å². The summed E-state index contributed by atoms with van der Waals surface area (Å²) < 4.78 is 4.69. The van der Waals surface area contributed by atoms with E-state index in [1.807, 2.05) is 18.2 Å². The van der Waals surface area contributed by atoms with Crippen LogP contribution in [0.2, 0.25) is 0 Å². The fraction of sp³-hybridized carbons (Fsp3) is 0.211. The van der Waals surface area contributed by atoms with Crippen molar-refractivity contribution in [2.24, 2.45) is 0 Å². The summed E-state index contributed by atoms with van der Waals surface area (Å²) in [6.07, 6.45) is 0.0993. The van der Waals surface area contributed by atoms with Crippen LogP contribution in [0.1, 0.15) is 33.8 Å². The van der Waals surface area contributed by atoms with Crippen LogP contribution in [-0.4, -0.2) is 24.9 Å². The van der Waals surface area contributed by atoms with Crippen LogP contribution in [-0.2, 0) is 14.3 Å². The Morgan fingerprint density at radius 1 is 1.20 bits per heavy atom. The second kappa shape index (κ2) is 6.76. The quantitative estimate of drug-likeness (QED) is 0.843. The van der Waals surface area contributed by atoms with E-state index in [9.17, 15) is 14.4 Å². The Morgan fingerprint density at radius 3 is 2.68 bits per heavy atom. The van der Waals surface area contributed by atoms with Gasteiger partial charge in [-0.25, -0.2) is 4.79 Å². The van der Waals surface area contributed by atoms with Crippen LogP contribution in [0.15, 0.2) is 42.5 Å². The summed E-state index contributed by atoms with van der Waals surface area (Å²) in [5.41, 5.74) is 3.21. The molecule has 1 atom stereocenters. The average Bonchev–Trinajstić information content (AvgIpc) is 2.61. The van der Waals surface area contributed by atoms with Crippen LogP contribution in [0, 0.1) is 6.92 Å². The molecule has 2 amide bonds. The summed E-state index contributed by atoms with van der Waals surface area (Å²) in [6, 6.07) is 12.2. The van der Waals surface area contributed by atoms with Crippen molar-refractivity contribution in [3.8, 4) is 0 Å². The van der Waals surface area contributed by atoms with Gasteiger partial charge in [0.25, 0.3) is 0 Å². The minimum atomic E-state index is -0.551. The summed E-state index contributed by atoms with van der Waals surface area (Å²) in [7, 11) is 1.32. The lowest BCUT2D eigenvalue weighted by molar-refractivity contribution is -0.123.